The van der Waals surface area contributed by atoms with Gasteiger partial charge in [-0.2, -0.15) is 13.2 Å². The molecule has 8 heteroatoms. The van der Waals surface area contributed by atoms with Crippen LogP contribution in [-0.4, -0.2) is 27.4 Å². The maximum Gasteiger partial charge on any atom is 0.389 e. The summed E-state index contributed by atoms with van der Waals surface area (Å²) in [6.07, 6.45) is -5.89. The van der Waals surface area contributed by atoms with E-state index < -0.39 is 34.8 Å². The maximum atomic E-state index is 12.0. The van der Waals surface area contributed by atoms with Crippen molar-refractivity contribution in [1.82, 2.24) is 0 Å². The van der Waals surface area contributed by atoms with Gasteiger partial charge in [0.25, 0.3) is 0 Å². The average molecular weight is 310 g/mol. The number of halogens is 3. The molecule has 0 fully saturated rings. The molecule has 0 saturated heterocycles. The van der Waals surface area contributed by atoms with E-state index in [-0.39, 0.29) is 0 Å². The quantitative estimate of drug-likeness (QED) is 0.876. The highest BCUT2D eigenvalue weighted by molar-refractivity contribution is 7.92. The molecule has 1 aromatic rings. The second-order valence-corrected chi connectivity index (χ2v) is 6.49. The average Bonchev–Trinajstić information content (AvgIpc) is 2.36. The van der Waals surface area contributed by atoms with Crippen LogP contribution in [0.4, 0.5) is 18.9 Å². The standard InChI is InChI=1S/C12H17F3N2O2S/c1-17(11-5-3-10(9-16)4-6-11)20(18,19)8-2-7-12(13,14)15/h3-6H,2,7-9,16H2,1H3. The molecule has 2 N–H and O–H groups in total. The monoisotopic (exact) mass is 310 g/mol. The van der Waals surface area contributed by atoms with Crippen molar-refractivity contribution in [2.24, 2.45) is 5.73 Å². The van der Waals surface area contributed by atoms with E-state index in [0.29, 0.717) is 12.2 Å². The van der Waals surface area contributed by atoms with Crippen molar-refractivity contribution in [2.45, 2.75) is 25.6 Å². The van der Waals surface area contributed by atoms with Gasteiger partial charge in [-0.1, -0.05) is 12.1 Å². The predicted molar refractivity (Wildman–Crippen MR) is 71.8 cm³/mol. The Bertz CT molecular complexity index is 527. The number of hydrogen-bond donors (Lipinski definition) is 1. The number of nitrogens with two attached hydrogens (primary N) is 1. The summed E-state index contributed by atoms with van der Waals surface area (Å²) in [7, 11) is -2.43. The number of rotatable bonds is 6. The SMILES string of the molecule is CN(c1ccc(CN)cc1)S(=O)(=O)CCCC(F)(F)F. The minimum atomic E-state index is -4.34. The molecule has 1 rings (SSSR count). The topological polar surface area (TPSA) is 63.4 Å². The van der Waals surface area contributed by atoms with Crippen LogP contribution >= 0.6 is 0 Å². The second-order valence-electron chi connectivity index (χ2n) is 4.37. The van der Waals surface area contributed by atoms with Gasteiger partial charge in [-0.25, -0.2) is 8.42 Å². The molecule has 20 heavy (non-hydrogen) atoms. The van der Waals surface area contributed by atoms with Gasteiger partial charge in [0.2, 0.25) is 10.0 Å². The number of hydrogen-bond acceptors (Lipinski definition) is 3. The van der Waals surface area contributed by atoms with Crippen molar-refractivity contribution in [3.8, 4) is 0 Å². The van der Waals surface area contributed by atoms with Gasteiger partial charge in [0.15, 0.2) is 0 Å². The van der Waals surface area contributed by atoms with Crippen molar-refractivity contribution < 1.29 is 21.6 Å². The van der Waals surface area contributed by atoms with Crippen LogP contribution in [0, 0.1) is 0 Å². The Labute approximate surface area is 116 Å². The third-order valence-electron chi connectivity index (χ3n) is 2.82. The predicted octanol–water partition coefficient (Wildman–Crippen LogP) is 2.25. The molecular formula is C12H17F3N2O2S. The fourth-order valence-corrected chi connectivity index (χ4v) is 2.82. The molecular weight excluding hydrogens is 293 g/mol. The van der Waals surface area contributed by atoms with E-state index in [2.05, 4.69) is 0 Å². The first-order chi connectivity index (χ1) is 9.15. The summed E-state index contributed by atoms with van der Waals surface area (Å²) in [5, 5.41) is 0. The molecule has 0 saturated carbocycles. The summed E-state index contributed by atoms with van der Waals surface area (Å²) in [6, 6.07) is 6.50. The Morgan fingerprint density at radius 2 is 1.75 bits per heavy atom. The molecule has 0 unspecified atom stereocenters. The molecule has 0 aliphatic heterocycles. The summed E-state index contributed by atoms with van der Waals surface area (Å²) in [5.74, 6) is -0.540. The summed E-state index contributed by atoms with van der Waals surface area (Å²) in [5.41, 5.74) is 6.67. The van der Waals surface area contributed by atoms with Crippen molar-refractivity contribution in [1.29, 1.82) is 0 Å². The van der Waals surface area contributed by atoms with Gasteiger partial charge in [0.05, 0.1) is 11.4 Å². The number of alkyl halides is 3. The Hall–Kier alpha value is -1.28. The Morgan fingerprint density at radius 1 is 1.20 bits per heavy atom. The van der Waals surface area contributed by atoms with Gasteiger partial charge in [-0.15, -0.1) is 0 Å². The van der Waals surface area contributed by atoms with E-state index in [1.54, 1.807) is 24.3 Å². The minimum absolute atomic E-state index is 0.336. The van der Waals surface area contributed by atoms with Crippen molar-refractivity contribution >= 4 is 15.7 Å². The normalized spacial score (nSPS) is 12.4. The van der Waals surface area contributed by atoms with E-state index in [1.807, 2.05) is 0 Å². The lowest BCUT2D eigenvalue weighted by atomic mass is 10.2. The first-order valence-electron chi connectivity index (χ1n) is 5.98. The number of benzene rings is 1. The third kappa shape index (κ3) is 5.01. The van der Waals surface area contributed by atoms with Gasteiger partial charge in [0.1, 0.15) is 0 Å². The van der Waals surface area contributed by atoms with E-state index >= 15 is 0 Å². The van der Waals surface area contributed by atoms with Crippen LogP contribution in [0.15, 0.2) is 24.3 Å². The Morgan fingerprint density at radius 3 is 2.20 bits per heavy atom. The van der Waals surface area contributed by atoms with Crippen LogP contribution < -0.4 is 10.0 Å². The molecule has 0 aliphatic rings. The lowest BCUT2D eigenvalue weighted by molar-refractivity contribution is -0.134. The van der Waals surface area contributed by atoms with Gasteiger partial charge < -0.3 is 5.73 Å². The van der Waals surface area contributed by atoms with Crippen LogP contribution in [0.2, 0.25) is 0 Å². The molecule has 0 spiro atoms. The van der Waals surface area contributed by atoms with Crippen molar-refractivity contribution in [2.75, 3.05) is 17.1 Å². The fraction of sp³-hybridized carbons (Fsp3) is 0.500. The number of sulfonamides is 1. The first-order valence-corrected chi connectivity index (χ1v) is 7.59. The molecule has 114 valence electrons. The largest absolute Gasteiger partial charge is 0.389 e. The summed E-state index contributed by atoms with van der Waals surface area (Å²) >= 11 is 0. The second kappa shape index (κ2) is 6.45. The molecule has 1 aromatic carbocycles. The lowest BCUT2D eigenvalue weighted by Gasteiger charge is -2.20. The highest BCUT2D eigenvalue weighted by Crippen LogP contribution is 2.23. The number of nitrogens with zero attached hydrogens (tertiary/aromatic N) is 1. The Kier molecular flexibility index (Phi) is 5.41. The van der Waals surface area contributed by atoms with Crippen LogP contribution in [0.3, 0.4) is 0 Å². The lowest BCUT2D eigenvalue weighted by Crippen LogP contribution is -2.29. The third-order valence-corrected chi connectivity index (χ3v) is 4.67. The summed E-state index contributed by atoms with van der Waals surface area (Å²) < 4.78 is 60.9. The smallest absolute Gasteiger partial charge is 0.326 e. The van der Waals surface area contributed by atoms with E-state index in [0.717, 1.165) is 9.87 Å². The van der Waals surface area contributed by atoms with E-state index in [4.69, 9.17) is 5.73 Å². The molecule has 0 amide bonds. The molecule has 0 aliphatic carbocycles. The maximum absolute atomic E-state index is 12.0. The fourth-order valence-electron chi connectivity index (χ4n) is 1.59. The highest BCUT2D eigenvalue weighted by Gasteiger charge is 2.28. The van der Waals surface area contributed by atoms with Gasteiger partial charge in [0, 0.05) is 20.0 Å². The summed E-state index contributed by atoms with van der Waals surface area (Å²) in [4.78, 5) is 0. The molecule has 0 heterocycles. The molecule has 0 aromatic heterocycles. The summed E-state index contributed by atoms with van der Waals surface area (Å²) in [6.45, 7) is 0.336. The molecule has 0 atom stereocenters. The van der Waals surface area contributed by atoms with Gasteiger partial charge in [-0.3, -0.25) is 4.31 Å². The number of anilines is 1. The van der Waals surface area contributed by atoms with Crippen molar-refractivity contribution in [3.05, 3.63) is 29.8 Å². The van der Waals surface area contributed by atoms with Crippen LogP contribution in [-0.2, 0) is 16.6 Å². The molecule has 4 nitrogen and oxygen atoms in total. The first kappa shape index (κ1) is 16.8. The zero-order valence-electron chi connectivity index (χ0n) is 11.0. The van der Waals surface area contributed by atoms with Crippen molar-refractivity contribution in [3.63, 3.8) is 0 Å². The van der Waals surface area contributed by atoms with E-state index in [9.17, 15) is 21.6 Å². The zero-order valence-corrected chi connectivity index (χ0v) is 11.8. The van der Waals surface area contributed by atoms with Gasteiger partial charge >= 0.3 is 6.18 Å². The van der Waals surface area contributed by atoms with Crippen LogP contribution in [0.5, 0.6) is 0 Å². The highest BCUT2D eigenvalue weighted by atomic mass is 32.2. The van der Waals surface area contributed by atoms with E-state index in [1.165, 1.54) is 7.05 Å². The molecule has 0 radical (unpaired) electrons. The van der Waals surface area contributed by atoms with Gasteiger partial charge in [-0.05, 0) is 24.1 Å². The molecule has 0 bridgehead atoms. The zero-order chi connectivity index (χ0) is 15.4. The Balaban J connectivity index is 2.70. The van der Waals surface area contributed by atoms with Crippen LogP contribution in [0.25, 0.3) is 0 Å². The minimum Gasteiger partial charge on any atom is -0.326 e. The van der Waals surface area contributed by atoms with Crippen LogP contribution in [0.1, 0.15) is 18.4 Å².